The quantitative estimate of drug-likeness (QED) is 0.799. The van der Waals surface area contributed by atoms with Gasteiger partial charge in [-0.05, 0) is 12.8 Å². The number of carbonyl (C=O) groups is 2. The molecule has 0 spiro atoms. The zero-order chi connectivity index (χ0) is 14.5. The molecule has 2 heterocycles. The number of piperazine rings is 1. The molecule has 0 aromatic carbocycles. The van der Waals surface area contributed by atoms with Crippen LogP contribution in [0.4, 0.5) is 0 Å². The Morgan fingerprint density at radius 2 is 2.24 bits per heavy atom. The van der Waals surface area contributed by atoms with Gasteiger partial charge in [-0.25, -0.2) is 0 Å². The van der Waals surface area contributed by atoms with E-state index in [1.807, 2.05) is 16.7 Å². The van der Waals surface area contributed by atoms with E-state index in [0.717, 1.165) is 32.5 Å². The van der Waals surface area contributed by atoms with Crippen molar-refractivity contribution in [3.05, 3.63) is 0 Å². The molecule has 0 bridgehead atoms. The molecule has 1 N–H and O–H groups in total. The van der Waals surface area contributed by atoms with Crippen molar-refractivity contribution in [2.45, 2.75) is 25.8 Å². The molecule has 2 saturated heterocycles. The van der Waals surface area contributed by atoms with Crippen molar-refractivity contribution in [2.24, 2.45) is 5.92 Å². The fraction of sp³-hybridized carbons (Fsp3) is 0.857. The van der Waals surface area contributed by atoms with Crippen LogP contribution in [0, 0.1) is 5.92 Å². The summed E-state index contributed by atoms with van der Waals surface area (Å²) in [4.78, 5) is 28.1. The molecular weight excluding hydrogens is 294 g/mol. The Bertz CT molecular complexity index is 367. The van der Waals surface area contributed by atoms with Crippen molar-refractivity contribution < 1.29 is 14.3 Å². The number of ether oxygens (including phenoxy) is 1. The van der Waals surface area contributed by atoms with Gasteiger partial charge in [-0.15, -0.1) is 12.4 Å². The predicted molar refractivity (Wildman–Crippen MR) is 82.5 cm³/mol. The Balaban J connectivity index is 0.00000220. The van der Waals surface area contributed by atoms with Crippen molar-refractivity contribution in [3.63, 3.8) is 0 Å². The number of amides is 2. The largest absolute Gasteiger partial charge is 0.384 e. The Morgan fingerprint density at radius 1 is 1.48 bits per heavy atom. The topological polar surface area (TPSA) is 61.9 Å². The summed E-state index contributed by atoms with van der Waals surface area (Å²) in [5.41, 5.74) is 0. The van der Waals surface area contributed by atoms with Crippen LogP contribution in [0.1, 0.15) is 19.8 Å². The van der Waals surface area contributed by atoms with Crippen LogP contribution in [-0.4, -0.2) is 74.1 Å². The van der Waals surface area contributed by atoms with Crippen molar-refractivity contribution in [1.82, 2.24) is 15.1 Å². The van der Waals surface area contributed by atoms with Crippen LogP contribution in [0.3, 0.4) is 0 Å². The van der Waals surface area contributed by atoms with Crippen molar-refractivity contribution in [2.75, 3.05) is 46.4 Å². The predicted octanol–water partition coefficient (Wildman–Crippen LogP) is 0.114. The Kier molecular flexibility index (Phi) is 7.42. The van der Waals surface area contributed by atoms with E-state index in [-0.39, 0.29) is 36.2 Å². The minimum Gasteiger partial charge on any atom is -0.384 e. The molecule has 2 aliphatic rings. The summed E-state index contributed by atoms with van der Waals surface area (Å²) in [6.45, 7) is 5.82. The molecule has 0 aliphatic carbocycles. The van der Waals surface area contributed by atoms with Crippen LogP contribution >= 0.6 is 12.4 Å². The normalized spacial score (nSPS) is 24.5. The summed E-state index contributed by atoms with van der Waals surface area (Å²) in [5, 5.41) is 3.08. The lowest BCUT2D eigenvalue weighted by molar-refractivity contribution is -0.143. The minimum absolute atomic E-state index is 0. The first-order chi connectivity index (χ1) is 9.63. The first-order valence-corrected chi connectivity index (χ1v) is 7.41. The summed E-state index contributed by atoms with van der Waals surface area (Å²) in [6, 6.07) is 0.178. The lowest BCUT2D eigenvalue weighted by Crippen LogP contribution is -2.58. The summed E-state index contributed by atoms with van der Waals surface area (Å²) in [5.74, 6) is 0.178. The molecule has 0 aromatic heterocycles. The molecule has 0 radical (unpaired) electrons. The third-order valence-corrected chi connectivity index (χ3v) is 4.11. The number of rotatable bonds is 4. The summed E-state index contributed by atoms with van der Waals surface area (Å²) in [7, 11) is 1.61. The van der Waals surface area contributed by atoms with E-state index in [0.29, 0.717) is 19.7 Å². The maximum Gasteiger partial charge on any atom is 0.236 e. The molecule has 2 amide bonds. The van der Waals surface area contributed by atoms with E-state index in [1.54, 1.807) is 7.11 Å². The standard InChI is InChI=1S/C14H25N3O3.ClH/c1-11(10-20-2)14(19)16-6-3-4-12(9-16)17-7-5-15-8-13(17)18;/h11-12,15H,3-10H2,1-2H3;1H. The number of piperidine rings is 1. The molecule has 0 saturated carbocycles. The van der Waals surface area contributed by atoms with Gasteiger partial charge in [0.2, 0.25) is 11.8 Å². The summed E-state index contributed by atoms with van der Waals surface area (Å²) < 4.78 is 5.06. The fourth-order valence-corrected chi connectivity index (χ4v) is 3.05. The second-order valence-corrected chi connectivity index (χ2v) is 5.70. The number of hydrogen-bond acceptors (Lipinski definition) is 4. The highest BCUT2D eigenvalue weighted by Crippen LogP contribution is 2.18. The molecule has 2 fully saturated rings. The Labute approximate surface area is 132 Å². The fourth-order valence-electron chi connectivity index (χ4n) is 3.05. The van der Waals surface area contributed by atoms with Crippen LogP contribution < -0.4 is 5.32 Å². The second kappa shape index (κ2) is 8.56. The van der Waals surface area contributed by atoms with E-state index in [9.17, 15) is 9.59 Å². The highest BCUT2D eigenvalue weighted by Gasteiger charge is 2.32. The van der Waals surface area contributed by atoms with Crippen LogP contribution in [0.15, 0.2) is 0 Å². The number of halogens is 1. The average Bonchev–Trinajstić information content (AvgIpc) is 2.47. The van der Waals surface area contributed by atoms with Gasteiger partial charge in [-0.3, -0.25) is 9.59 Å². The maximum atomic E-state index is 12.3. The first-order valence-electron chi connectivity index (χ1n) is 7.41. The summed E-state index contributed by atoms with van der Waals surface area (Å²) in [6.07, 6.45) is 1.96. The second-order valence-electron chi connectivity index (χ2n) is 5.70. The Morgan fingerprint density at radius 3 is 2.90 bits per heavy atom. The van der Waals surface area contributed by atoms with Crippen LogP contribution in [-0.2, 0) is 14.3 Å². The van der Waals surface area contributed by atoms with E-state index >= 15 is 0 Å². The van der Waals surface area contributed by atoms with Gasteiger partial charge in [0.05, 0.1) is 19.1 Å². The van der Waals surface area contributed by atoms with Gasteiger partial charge in [0.15, 0.2) is 0 Å². The van der Waals surface area contributed by atoms with Crippen LogP contribution in [0.25, 0.3) is 0 Å². The number of likely N-dealkylation sites (tertiary alicyclic amines) is 1. The van der Waals surface area contributed by atoms with Crippen molar-refractivity contribution >= 4 is 24.2 Å². The molecule has 7 heteroatoms. The third-order valence-electron chi connectivity index (χ3n) is 4.11. The monoisotopic (exact) mass is 319 g/mol. The van der Waals surface area contributed by atoms with Crippen LogP contribution in [0.5, 0.6) is 0 Å². The smallest absolute Gasteiger partial charge is 0.236 e. The minimum atomic E-state index is -0.113. The first kappa shape index (κ1) is 18.2. The zero-order valence-corrected chi connectivity index (χ0v) is 13.7. The van der Waals surface area contributed by atoms with Gasteiger partial charge in [-0.1, -0.05) is 6.92 Å². The number of nitrogens with zero attached hydrogens (tertiary/aromatic N) is 2. The van der Waals surface area contributed by atoms with Crippen LogP contribution in [0.2, 0.25) is 0 Å². The van der Waals surface area contributed by atoms with Gasteiger partial charge in [0.1, 0.15) is 0 Å². The molecular formula is C14H26ClN3O3. The van der Waals surface area contributed by atoms with E-state index in [2.05, 4.69) is 5.32 Å². The molecule has 2 aliphatic heterocycles. The number of nitrogens with one attached hydrogen (secondary N) is 1. The molecule has 6 nitrogen and oxygen atoms in total. The molecule has 21 heavy (non-hydrogen) atoms. The van der Waals surface area contributed by atoms with Gasteiger partial charge in [0, 0.05) is 39.3 Å². The number of carbonyl (C=O) groups excluding carboxylic acids is 2. The van der Waals surface area contributed by atoms with Gasteiger partial charge < -0.3 is 19.9 Å². The molecule has 2 unspecified atom stereocenters. The summed E-state index contributed by atoms with van der Waals surface area (Å²) >= 11 is 0. The molecule has 2 atom stereocenters. The average molecular weight is 320 g/mol. The lowest BCUT2D eigenvalue weighted by Gasteiger charge is -2.41. The molecule has 122 valence electrons. The molecule has 2 rings (SSSR count). The SMILES string of the molecule is COCC(C)C(=O)N1CCCC(N2CCNCC2=O)C1.Cl. The van der Waals surface area contributed by atoms with E-state index in [4.69, 9.17) is 4.74 Å². The van der Waals surface area contributed by atoms with Gasteiger partial charge in [-0.2, -0.15) is 0 Å². The van der Waals surface area contributed by atoms with Crippen molar-refractivity contribution in [3.8, 4) is 0 Å². The van der Waals surface area contributed by atoms with Gasteiger partial charge >= 0.3 is 0 Å². The highest BCUT2D eigenvalue weighted by atomic mass is 35.5. The van der Waals surface area contributed by atoms with Gasteiger partial charge in [0.25, 0.3) is 0 Å². The zero-order valence-electron chi connectivity index (χ0n) is 12.8. The number of hydrogen-bond donors (Lipinski definition) is 1. The number of methoxy groups -OCH3 is 1. The van der Waals surface area contributed by atoms with E-state index < -0.39 is 0 Å². The maximum absolute atomic E-state index is 12.3. The van der Waals surface area contributed by atoms with E-state index in [1.165, 1.54) is 0 Å². The molecule has 0 aromatic rings. The third kappa shape index (κ3) is 4.56. The Hall–Kier alpha value is -0.850. The lowest BCUT2D eigenvalue weighted by atomic mass is 10.0. The van der Waals surface area contributed by atoms with Crippen molar-refractivity contribution in [1.29, 1.82) is 0 Å². The highest BCUT2D eigenvalue weighted by molar-refractivity contribution is 5.85.